The molecule has 0 radical (unpaired) electrons. The third-order valence-corrected chi connectivity index (χ3v) is 3.91. The Bertz CT molecular complexity index is 954. The Morgan fingerprint density at radius 3 is 2.71 bits per heavy atom. The summed E-state index contributed by atoms with van der Waals surface area (Å²) < 4.78 is 3.55. The maximum absolute atomic E-state index is 4.36. The van der Waals surface area contributed by atoms with Crippen LogP contribution in [0.4, 0.5) is 5.82 Å². The number of nitrogens with one attached hydrogen (secondary N) is 1. The first kappa shape index (κ1) is 14.4. The second-order valence-corrected chi connectivity index (χ2v) is 5.66. The average Bonchev–Trinajstić information content (AvgIpc) is 3.26. The summed E-state index contributed by atoms with van der Waals surface area (Å²) >= 11 is 0. The molecule has 24 heavy (non-hydrogen) atoms. The fourth-order valence-electron chi connectivity index (χ4n) is 2.68. The molecule has 0 fully saturated rings. The van der Waals surface area contributed by atoms with Crippen molar-refractivity contribution in [2.24, 2.45) is 0 Å². The van der Waals surface area contributed by atoms with E-state index in [1.807, 2.05) is 29.9 Å². The van der Waals surface area contributed by atoms with Crippen LogP contribution in [-0.2, 0) is 0 Å². The highest BCUT2D eigenvalue weighted by molar-refractivity contribution is 5.47. The molecule has 4 aromatic rings. The number of nitrogens with zero attached hydrogens (tertiary/aromatic N) is 6. The van der Waals surface area contributed by atoms with Crippen LogP contribution in [-0.4, -0.2) is 29.4 Å². The summed E-state index contributed by atoms with van der Waals surface area (Å²) in [5.41, 5.74) is 3.11. The van der Waals surface area contributed by atoms with E-state index in [2.05, 4.69) is 56.7 Å². The highest BCUT2D eigenvalue weighted by Gasteiger charge is 2.10. The summed E-state index contributed by atoms with van der Waals surface area (Å²) in [4.78, 5) is 8.51. The Hall–Kier alpha value is -3.22. The Morgan fingerprint density at radius 1 is 1.12 bits per heavy atom. The number of hydrogen-bond acceptors (Lipinski definition) is 5. The van der Waals surface area contributed by atoms with Gasteiger partial charge < -0.3 is 5.32 Å². The number of aromatic nitrogens is 6. The molecule has 4 rings (SSSR count). The second-order valence-electron chi connectivity index (χ2n) is 5.66. The van der Waals surface area contributed by atoms with Crippen LogP contribution in [0.15, 0.2) is 55.1 Å². The smallest absolute Gasteiger partial charge is 0.254 e. The van der Waals surface area contributed by atoms with Crippen molar-refractivity contribution in [3.8, 4) is 5.69 Å². The molecule has 120 valence electrons. The molecule has 3 aromatic heterocycles. The predicted octanol–water partition coefficient (Wildman–Crippen LogP) is 2.79. The molecule has 3 heterocycles. The first-order chi connectivity index (χ1) is 11.7. The minimum Gasteiger partial charge on any atom is -0.363 e. The molecular formula is C17H17N7. The SMILES string of the molecule is Cc1cc(NC(C)c2ccc(-n3cccn3)cc2)n2ncnc2n1. The number of anilines is 1. The van der Waals surface area contributed by atoms with E-state index in [1.165, 1.54) is 11.9 Å². The number of benzene rings is 1. The van der Waals surface area contributed by atoms with Gasteiger partial charge in [0.05, 0.1) is 5.69 Å². The van der Waals surface area contributed by atoms with Gasteiger partial charge in [-0.25, -0.2) is 9.67 Å². The van der Waals surface area contributed by atoms with Gasteiger partial charge >= 0.3 is 0 Å². The summed E-state index contributed by atoms with van der Waals surface area (Å²) in [6, 6.07) is 12.3. The molecule has 0 saturated heterocycles. The van der Waals surface area contributed by atoms with Gasteiger partial charge in [-0.2, -0.15) is 19.7 Å². The summed E-state index contributed by atoms with van der Waals surface area (Å²) in [7, 11) is 0. The summed E-state index contributed by atoms with van der Waals surface area (Å²) in [5.74, 6) is 1.47. The fraction of sp³-hybridized carbons (Fsp3) is 0.176. The molecule has 0 aliphatic heterocycles. The normalized spacial score (nSPS) is 12.4. The molecule has 1 N–H and O–H groups in total. The van der Waals surface area contributed by atoms with E-state index in [0.29, 0.717) is 5.78 Å². The van der Waals surface area contributed by atoms with Crippen molar-refractivity contribution in [3.63, 3.8) is 0 Å². The second kappa shape index (κ2) is 5.77. The topological polar surface area (TPSA) is 72.9 Å². The van der Waals surface area contributed by atoms with Gasteiger partial charge in [-0.3, -0.25) is 0 Å². The molecule has 0 spiro atoms. The van der Waals surface area contributed by atoms with Gasteiger partial charge in [0.1, 0.15) is 12.1 Å². The number of fused-ring (bicyclic) bond motifs is 1. The van der Waals surface area contributed by atoms with E-state index in [-0.39, 0.29) is 6.04 Å². The number of rotatable bonds is 4. The van der Waals surface area contributed by atoms with Crippen LogP contribution < -0.4 is 5.32 Å². The lowest BCUT2D eigenvalue weighted by molar-refractivity contribution is 0.833. The third kappa shape index (κ3) is 2.60. The van der Waals surface area contributed by atoms with Crippen LogP contribution in [0, 0.1) is 6.92 Å². The molecule has 0 aliphatic carbocycles. The largest absolute Gasteiger partial charge is 0.363 e. The Morgan fingerprint density at radius 2 is 1.96 bits per heavy atom. The maximum Gasteiger partial charge on any atom is 0.254 e. The summed E-state index contributed by atoms with van der Waals surface area (Å²) in [6.07, 6.45) is 5.21. The van der Waals surface area contributed by atoms with Crippen LogP contribution in [0.3, 0.4) is 0 Å². The monoisotopic (exact) mass is 319 g/mol. The van der Waals surface area contributed by atoms with Crippen LogP contribution in [0.1, 0.15) is 24.2 Å². The quantitative estimate of drug-likeness (QED) is 0.626. The van der Waals surface area contributed by atoms with E-state index >= 15 is 0 Å². The molecule has 1 unspecified atom stereocenters. The van der Waals surface area contributed by atoms with Crippen LogP contribution in [0.5, 0.6) is 0 Å². The Balaban J connectivity index is 1.59. The molecule has 1 atom stereocenters. The van der Waals surface area contributed by atoms with Crippen molar-refractivity contribution < 1.29 is 0 Å². The minimum atomic E-state index is 0.117. The van der Waals surface area contributed by atoms with Gasteiger partial charge in [-0.15, -0.1) is 0 Å². The molecular weight excluding hydrogens is 302 g/mol. The van der Waals surface area contributed by atoms with E-state index in [4.69, 9.17) is 0 Å². The highest BCUT2D eigenvalue weighted by Crippen LogP contribution is 2.21. The first-order valence-corrected chi connectivity index (χ1v) is 7.74. The fourth-order valence-corrected chi connectivity index (χ4v) is 2.68. The Labute approximate surface area is 139 Å². The van der Waals surface area contributed by atoms with E-state index in [1.54, 1.807) is 10.7 Å². The van der Waals surface area contributed by atoms with Crippen LogP contribution in [0.25, 0.3) is 11.5 Å². The minimum absolute atomic E-state index is 0.117. The van der Waals surface area contributed by atoms with Crippen LogP contribution >= 0.6 is 0 Å². The van der Waals surface area contributed by atoms with Crippen molar-refractivity contribution in [1.82, 2.24) is 29.4 Å². The molecule has 0 amide bonds. The Kier molecular flexibility index (Phi) is 3.45. The van der Waals surface area contributed by atoms with Gasteiger partial charge in [-0.05, 0) is 37.6 Å². The zero-order chi connectivity index (χ0) is 16.5. The predicted molar refractivity (Wildman–Crippen MR) is 91.1 cm³/mol. The van der Waals surface area contributed by atoms with Crippen molar-refractivity contribution in [3.05, 3.63) is 66.4 Å². The first-order valence-electron chi connectivity index (χ1n) is 7.74. The highest BCUT2D eigenvalue weighted by atomic mass is 15.4. The molecule has 7 nitrogen and oxygen atoms in total. The molecule has 0 saturated carbocycles. The lowest BCUT2D eigenvalue weighted by atomic mass is 10.1. The van der Waals surface area contributed by atoms with E-state index < -0.39 is 0 Å². The van der Waals surface area contributed by atoms with Crippen molar-refractivity contribution in [1.29, 1.82) is 0 Å². The third-order valence-electron chi connectivity index (χ3n) is 3.91. The van der Waals surface area contributed by atoms with Gasteiger partial charge in [0.15, 0.2) is 0 Å². The van der Waals surface area contributed by atoms with E-state index in [0.717, 1.165) is 17.2 Å². The summed E-state index contributed by atoms with van der Waals surface area (Å²) in [5, 5.41) is 11.9. The van der Waals surface area contributed by atoms with Crippen molar-refractivity contribution in [2.45, 2.75) is 19.9 Å². The van der Waals surface area contributed by atoms with Crippen molar-refractivity contribution in [2.75, 3.05) is 5.32 Å². The van der Waals surface area contributed by atoms with Gasteiger partial charge in [0, 0.05) is 30.2 Å². The molecule has 0 aliphatic rings. The zero-order valence-electron chi connectivity index (χ0n) is 13.5. The number of aryl methyl sites for hydroxylation is 1. The molecule has 1 aromatic carbocycles. The number of hydrogen-bond donors (Lipinski definition) is 1. The molecule has 0 bridgehead atoms. The zero-order valence-corrected chi connectivity index (χ0v) is 13.5. The lowest BCUT2D eigenvalue weighted by Gasteiger charge is -2.17. The van der Waals surface area contributed by atoms with Crippen LogP contribution in [0.2, 0.25) is 0 Å². The summed E-state index contributed by atoms with van der Waals surface area (Å²) in [6.45, 7) is 4.06. The molecule has 7 heteroatoms. The van der Waals surface area contributed by atoms with E-state index in [9.17, 15) is 0 Å². The van der Waals surface area contributed by atoms with Crippen molar-refractivity contribution >= 4 is 11.6 Å². The lowest BCUT2D eigenvalue weighted by Crippen LogP contribution is -2.11. The van der Waals surface area contributed by atoms with Gasteiger partial charge in [-0.1, -0.05) is 12.1 Å². The van der Waals surface area contributed by atoms with Gasteiger partial charge in [0.25, 0.3) is 5.78 Å². The maximum atomic E-state index is 4.36. The standard InChI is InChI=1S/C17H17N7/c1-12-10-16(24-17(21-12)18-11-20-24)22-13(2)14-4-6-15(7-5-14)23-9-3-8-19-23/h3-11,13,22H,1-2H3. The van der Waals surface area contributed by atoms with Gasteiger partial charge in [0.2, 0.25) is 0 Å². The average molecular weight is 319 g/mol.